The molecular weight excluding hydrogens is 1520 g/mol. The number of aromatic hydroxyl groups is 3. The molecule has 33 heteroatoms. The summed E-state index contributed by atoms with van der Waals surface area (Å²) in [6, 6.07) is -0.328. The van der Waals surface area contributed by atoms with Crippen molar-refractivity contribution in [3.63, 3.8) is 0 Å². The normalized spacial score (nSPS) is 38.9. The van der Waals surface area contributed by atoms with Gasteiger partial charge in [0.2, 0.25) is 6.79 Å². The summed E-state index contributed by atoms with van der Waals surface area (Å²) in [6.45, 7) is 32.4. The molecule has 0 saturated carbocycles. The molecule has 33 nitrogen and oxygen atoms in total. The number of Topliss-reactive ketones (excluding diaryl/α,β-unsaturated/α-hetero) is 1. The Labute approximate surface area is 688 Å². The first-order valence-corrected chi connectivity index (χ1v) is 40.5. The summed E-state index contributed by atoms with van der Waals surface area (Å²) < 4.78 is 71.7. The number of rotatable bonds is 17. The molecule has 0 aliphatic carbocycles. The second kappa shape index (κ2) is 41.2. The minimum atomic E-state index is -2.04. The second-order valence-electron chi connectivity index (χ2n) is 33.9. The van der Waals surface area contributed by atoms with Crippen molar-refractivity contribution < 1.29 is 132 Å². The first-order chi connectivity index (χ1) is 54.7. The van der Waals surface area contributed by atoms with Crippen LogP contribution in [0.5, 0.6) is 23.0 Å². The van der Waals surface area contributed by atoms with Crippen molar-refractivity contribution in [2.45, 2.75) is 265 Å². The zero-order valence-electron chi connectivity index (χ0n) is 72.7. The SMILES string of the molecule is CC[C@H]1OC(=O)[C@H](C)[C@@H](O[C@H]2C[C@@](C)(OC)[C@@H](O)[C@H](C)O2)[C@H](C)[C@@H](O[C@@H]2O[C@H](C)C[C@H](N(C)C)[C@H]2O)[C@](C)(O)C[C@@H](C)/C(=N\OCOCCOC)[C@H](C)[C@@H](O)[C@]1(C)O.CO[C@H]1/C=C/O[C@@]2(C)Oc3c(C)c(O)c4c(O)c(c(/C=N\N5CCN(C)CC5)c(O)c4c3C2=O)NC(=O)/C(C)=C\C=C\[C@H](C)[C@H](O)[C@@H](C)[C@@H](O)[C@@H](C)[C@H](OC(C)=O)[C@@H]1C. The maximum absolute atomic E-state index is 14.4. The van der Waals surface area contributed by atoms with E-state index in [1.807, 2.05) is 39.9 Å². The highest BCUT2D eigenvalue weighted by molar-refractivity contribution is 6.24. The van der Waals surface area contributed by atoms with Gasteiger partial charge < -0.3 is 128 Å². The van der Waals surface area contributed by atoms with Crippen molar-refractivity contribution in [3.8, 4) is 23.0 Å². The first-order valence-electron chi connectivity index (χ1n) is 40.5. The molecule has 7 aliphatic heterocycles. The summed E-state index contributed by atoms with van der Waals surface area (Å²) in [7, 11) is 10.2. The number of carbonyl (C=O) groups is 4. The number of piperazine rings is 1. The molecule has 0 radical (unpaired) electrons. The highest BCUT2D eigenvalue weighted by Crippen LogP contribution is 2.55. The monoisotopic (exact) mass is 1660 g/mol. The van der Waals surface area contributed by atoms with Crippen LogP contribution in [-0.4, -0.2) is 305 Å². The Hall–Kier alpha value is -6.74. The van der Waals surface area contributed by atoms with Gasteiger partial charge in [0.25, 0.3) is 11.7 Å². The van der Waals surface area contributed by atoms with Crippen molar-refractivity contribution in [2.24, 2.45) is 57.6 Å². The van der Waals surface area contributed by atoms with Crippen molar-refractivity contribution in [1.29, 1.82) is 0 Å². The van der Waals surface area contributed by atoms with Gasteiger partial charge in [0.15, 0.2) is 18.3 Å². The van der Waals surface area contributed by atoms with Crippen LogP contribution in [0.15, 0.2) is 46.4 Å². The molecule has 5 bridgehead atoms. The number of ketones is 1. The van der Waals surface area contributed by atoms with Gasteiger partial charge in [-0.25, -0.2) is 0 Å². The van der Waals surface area contributed by atoms with Gasteiger partial charge >= 0.3 is 17.7 Å². The number of aliphatic hydroxyl groups is 7. The van der Waals surface area contributed by atoms with Crippen LogP contribution in [0, 0.1) is 54.3 Å². The maximum Gasteiger partial charge on any atom is 0.312 e. The number of phenols is 3. The molecule has 117 heavy (non-hydrogen) atoms. The van der Waals surface area contributed by atoms with Crippen LogP contribution >= 0.6 is 0 Å². The Morgan fingerprint density at radius 1 is 0.769 bits per heavy atom. The van der Waals surface area contributed by atoms with Crippen molar-refractivity contribution in [1.82, 2.24) is 14.8 Å². The lowest BCUT2D eigenvalue weighted by molar-refractivity contribution is -0.317. The van der Waals surface area contributed by atoms with Crippen LogP contribution in [-0.2, 0) is 71.3 Å². The molecule has 4 fully saturated rings. The Morgan fingerprint density at radius 3 is 2.03 bits per heavy atom. The number of nitrogens with zero attached hydrogens (tertiary/aromatic N) is 5. The van der Waals surface area contributed by atoms with Gasteiger partial charge in [0.05, 0.1) is 120 Å². The van der Waals surface area contributed by atoms with Gasteiger partial charge in [0.1, 0.15) is 47.3 Å². The molecule has 1 amide bonds. The molecule has 662 valence electrons. The minimum Gasteiger partial charge on any atom is -0.507 e. The van der Waals surface area contributed by atoms with Crippen LogP contribution in [0.2, 0.25) is 0 Å². The van der Waals surface area contributed by atoms with Crippen LogP contribution in [0.4, 0.5) is 5.69 Å². The fourth-order valence-corrected chi connectivity index (χ4v) is 16.9. The molecule has 27 atom stereocenters. The summed E-state index contributed by atoms with van der Waals surface area (Å²) >= 11 is 0. The number of amides is 1. The van der Waals surface area contributed by atoms with Crippen molar-refractivity contribution in [2.75, 3.05) is 94.0 Å². The van der Waals surface area contributed by atoms with Gasteiger partial charge in [-0.1, -0.05) is 78.8 Å². The number of oxime groups is 1. The number of hydrogen-bond donors (Lipinski definition) is 11. The van der Waals surface area contributed by atoms with E-state index < -0.39 is 191 Å². The molecule has 7 heterocycles. The zero-order chi connectivity index (χ0) is 87.6. The van der Waals surface area contributed by atoms with Crippen molar-refractivity contribution >= 4 is 52.0 Å². The summed E-state index contributed by atoms with van der Waals surface area (Å²) in [5.41, 5.74) is -4.84. The summed E-state index contributed by atoms with van der Waals surface area (Å²) in [6.07, 6.45) is -4.63. The third-order valence-corrected chi connectivity index (χ3v) is 24.5. The molecule has 2 aromatic rings. The summed E-state index contributed by atoms with van der Waals surface area (Å²) in [5, 5.41) is 130. The average molecular weight is 1660 g/mol. The number of hydrazone groups is 1. The third kappa shape index (κ3) is 22.3. The lowest BCUT2D eigenvalue weighted by Gasteiger charge is -2.49. The fraction of sp³-hybridized carbons (Fsp3) is 0.738. The van der Waals surface area contributed by atoms with E-state index in [0.717, 1.165) is 13.1 Å². The van der Waals surface area contributed by atoms with Gasteiger partial charge in [-0.2, -0.15) is 5.10 Å². The molecule has 9 rings (SSSR count). The second-order valence-corrected chi connectivity index (χ2v) is 33.9. The number of esters is 2. The molecular formula is C84H134N6O27. The van der Waals surface area contributed by atoms with E-state index in [2.05, 4.69) is 20.5 Å². The van der Waals surface area contributed by atoms with Gasteiger partial charge in [0, 0.05) is 132 Å². The first kappa shape index (κ1) is 97.4. The highest BCUT2D eigenvalue weighted by Gasteiger charge is 2.55. The number of hydrogen-bond acceptors (Lipinski definition) is 32. The van der Waals surface area contributed by atoms with Crippen LogP contribution in [0.1, 0.15) is 165 Å². The lowest BCUT2D eigenvalue weighted by atomic mass is 9.73. The molecule has 0 spiro atoms. The number of allylic oxidation sites excluding steroid dienone is 2. The van der Waals surface area contributed by atoms with E-state index in [0.29, 0.717) is 31.8 Å². The van der Waals surface area contributed by atoms with Gasteiger partial charge in [-0.15, -0.1) is 0 Å². The Kier molecular flexibility index (Phi) is 34.3. The molecule has 0 unspecified atom stereocenters. The average Bonchev–Trinajstić information content (AvgIpc) is 1.61. The van der Waals surface area contributed by atoms with Crippen LogP contribution in [0.3, 0.4) is 0 Å². The topological polar surface area (TPSA) is 437 Å². The van der Waals surface area contributed by atoms with Crippen LogP contribution in [0.25, 0.3) is 10.8 Å². The van der Waals surface area contributed by atoms with E-state index in [1.165, 1.54) is 73.5 Å². The molecule has 2 aromatic carbocycles. The fourth-order valence-electron chi connectivity index (χ4n) is 16.9. The quantitative estimate of drug-likeness (QED) is 0.0152. The Balaban J connectivity index is 0.000000323. The summed E-state index contributed by atoms with van der Waals surface area (Å²) in [4.78, 5) is 64.4. The molecule has 4 saturated heterocycles. The van der Waals surface area contributed by atoms with Crippen molar-refractivity contribution in [3.05, 3.63) is 52.8 Å². The smallest absolute Gasteiger partial charge is 0.312 e. The minimum absolute atomic E-state index is 0.0307. The molecule has 7 aliphatic rings. The predicted molar refractivity (Wildman–Crippen MR) is 433 cm³/mol. The Bertz CT molecular complexity index is 3850. The highest BCUT2D eigenvalue weighted by atomic mass is 16.7. The Morgan fingerprint density at radius 2 is 1.43 bits per heavy atom. The molecule has 11 N–H and O–H groups in total. The standard InChI is InChI=1S/C43H58N4O12.C41H76N2O15/c1-21-12-11-13-22(2)42(55)45-33-28(20-44-47-17-15-46(9)16-18-47)37(52)30-31(38(33)53)36(51)26(6)40-32(30)41(54)43(8,59-40)57-19-14-29(56-10)23(3)39(58-27(7)48)25(5)35(50)24(4)34(21)49;1-15-29-41(10,49)34(45)24(4)31(42-53-21-52-17-16-50-13)22(2)19-39(8,48)36(58-38-32(44)28(43(11)12)18-23(3)54-38)25(5)33(26(6)37(47)56-29)57-30-20-40(9,51-14)35(46)27(7)55-30/h11-14,19-21,23-25,29,34-35,39,49-53H,15-18H2,1-10H3,(H,45,55);22-30,32-36,38,44-46,48-49H,15-21H2,1-14H3/b12-11+,19-14+,22-13-,44-20-;42-31+/t21-,23+,24+,25+,29-,34-,35+,39+,43-;22-,23-,24+,25+,26-,27+,28+,29-,30+,32-,33+,34-,35+,36-,38+,39-,40-,41-/m01/s1. The van der Waals surface area contributed by atoms with E-state index in [1.54, 1.807) is 100 Å². The number of carbonyl (C=O) groups excluding carboxylic acids is 4. The maximum atomic E-state index is 14.4. The number of benzene rings is 2. The van der Waals surface area contributed by atoms with E-state index in [9.17, 15) is 70.2 Å². The van der Waals surface area contributed by atoms with E-state index in [-0.39, 0.29) is 89.3 Å². The van der Waals surface area contributed by atoms with E-state index >= 15 is 0 Å². The van der Waals surface area contributed by atoms with Crippen LogP contribution < -0.4 is 10.1 Å². The van der Waals surface area contributed by atoms with Gasteiger partial charge in [-0.3, -0.25) is 24.2 Å². The molecule has 0 aromatic heterocycles. The zero-order valence-corrected chi connectivity index (χ0v) is 72.7. The number of likely N-dealkylation sites (N-methyl/N-ethyl adjacent to an activating group) is 2. The number of nitrogens with one attached hydrogen (secondary N) is 1. The van der Waals surface area contributed by atoms with Gasteiger partial charge in [-0.05, 0) is 102 Å². The number of anilines is 1. The lowest BCUT2D eigenvalue weighted by Crippen LogP contribution is -2.61. The number of fused-ring (bicyclic) bond motifs is 14. The number of aliphatic hydroxyl groups excluding tert-OH is 5. The third-order valence-electron chi connectivity index (χ3n) is 24.5. The predicted octanol–water partition coefficient (Wildman–Crippen LogP) is 6.55. The largest absolute Gasteiger partial charge is 0.507 e. The number of cyclic esters (lactones) is 1. The number of phenolic OH excluding ortho intramolecular Hbond substituents is 3. The summed E-state index contributed by atoms with van der Waals surface area (Å²) in [5.74, 6) is -12.5. The number of ether oxygens (including phenoxy) is 12. The van der Waals surface area contributed by atoms with E-state index in [4.69, 9.17) is 61.7 Å². The number of methoxy groups -OCH3 is 3.